The maximum atomic E-state index is 3.62. The number of thiophene rings is 1. The molecule has 0 unspecified atom stereocenters. The second kappa shape index (κ2) is 7.61. The molecule has 1 fully saturated rings. The number of likely N-dealkylation sites (N-methyl/N-ethyl adjacent to an activating group) is 1. The van der Waals surface area contributed by atoms with Crippen molar-refractivity contribution < 1.29 is 0 Å². The van der Waals surface area contributed by atoms with Gasteiger partial charge in [0.15, 0.2) is 0 Å². The van der Waals surface area contributed by atoms with Crippen LogP contribution in [0, 0.1) is 12.8 Å². The van der Waals surface area contributed by atoms with Crippen molar-refractivity contribution in [2.45, 2.75) is 46.0 Å². The molecule has 0 aromatic carbocycles. The molecule has 0 atom stereocenters. The second-order valence-corrected chi connectivity index (χ2v) is 7.53. The highest BCUT2D eigenvalue weighted by Crippen LogP contribution is 2.33. The highest BCUT2D eigenvalue weighted by molar-refractivity contribution is 9.10. The number of hydrogen-bond donors (Lipinski definition) is 1. The lowest BCUT2D eigenvalue weighted by Crippen LogP contribution is -2.21. The van der Waals surface area contributed by atoms with E-state index < -0.39 is 0 Å². The molecule has 0 amide bonds. The van der Waals surface area contributed by atoms with Gasteiger partial charge in [0.25, 0.3) is 0 Å². The Morgan fingerprint density at radius 2 is 2.16 bits per heavy atom. The summed E-state index contributed by atoms with van der Waals surface area (Å²) >= 11 is 5.51. The Morgan fingerprint density at radius 1 is 1.42 bits per heavy atom. The smallest absolute Gasteiger partial charge is 0.0317 e. The third kappa shape index (κ3) is 4.44. The van der Waals surface area contributed by atoms with E-state index in [4.69, 9.17) is 0 Å². The van der Waals surface area contributed by atoms with E-state index in [0.717, 1.165) is 19.0 Å². The fourth-order valence-electron chi connectivity index (χ4n) is 2.79. The average Bonchev–Trinajstić information content (AvgIpc) is 2.74. The summed E-state index contributed by atoms with van der Waals surface area (Å²) in [5.74, 6) is 0.800. The summed E-state index contributed by atoms with van der Waals surface area (Å²) in [4.78, 5) is 2.76. The van der Waals surface area contributed by atoms with E-state index in [1.165, 1.54) is 46.3 Å². The quantitative estimate of drug-likeness (QED) is 0.756. The fourth-order valence-corrected chi connectivity index (χ4v) is 4.33. The molecule has 1 nitrogen and oxygen atoms in total. The summed E-state index contributed by atoms with van der Waals surface area (Å²) in [6.45, 7) is 6.47. The van der Waals surface area contributed by atoms with Gasteiger partial charge in [-0.25, -0.2) is 0 Å². The van der Waals surface area contributed by atoms with Crippen LogP contribution in [-0.4, -0.2) is 13.1 Å². The molecule has 0 spiro atoms. The van der Waals surface area contributed by atoms with E-state index in [1.807, 2.05) is 11.3 Å². The minimum atomic E-state index is 0.800. The molecule has 1 N–H and O–H groups in total. The molecular weight excluding hydrogens is 318 g/mol. The maximum absolute atomic E-state index is 3.62. The Bertz CT molecular complexity index is 410. The lowest BCUT2D eigenvalue weighted by atomic mass is 9.83. The maximum Gasteiger partial charge on any atom is 0.0317 e. The second-order valence-electron chi connectivity index (χ2n) is 5.39. The molecule has 106 valence electrons. The highest BCUT2D eigenvalue weighted by atomic mass is 79.9. The third-order valence-corrected chi connectivity index (χ3v) is 6.00. The standard InChI is InChI=1S/C16H24BrNS/c1-3-18-11-14(13-7-5-4-6-8-13)9-15-10-16(17)12(2)19-15/h9-10,13,18H,3-8,11H2,1-2H3. The minimum absolute atomic E-state index is 0.800. The van der Waals surface area contributed by atoms with Gasteiger partial charge in [-0.1, -0.05) is 31.8 Å². The topological polar surface area (TPSA) is 12.0 Å². The van der Waals surface area contributed by atoms with E-state index in [1.54, 1.807) is 5.57 Å². The zero-order valence-corrected chi connectivity index (χ0v) is 14.4. The van der Waals surface area contributed by atoms with Gasteiger partial charge in [-0.15, -0.1) is 11.3 Å². The molecule has 0 saturated heterocycles. The first kappa shape index (κ1) is 15.3. The van der Waals surface area contributed by atoms with E-state index in [9.17, 15) is 0 Å². The van der Waals surface area contributed by atoms with Gasteiger partial charge < -0.3 is 5.32 Å². The number of halogens is 1. The first-order valence-electron chi connectivity index (χ1n) is 7.37. The minimum Gasteiger partial charge on any atom is -0.313 e. The zero-order valence-electron chi connectivity index (χ0n) is 12.0. The van der Waals surface area contributed by atoms with Crippen LogP contribution < -0.4 is 5.32 Å². The third-order valence-electron chi connectivity index (χ3n) is 3.91. The summed E-state index contributed by atoms with van der Waals surface area (Å²) in [7, 11) is 0. The van der Waals surface area contributed by atoms with Gasteiger partial charge in [0.2, 0.25) is 0 Å². The monoisotopic (exact) mass is 341 g/mol. The lowest BCUT2D eigenvalue weighted by molar-refractivity contribution is 0.397. The Labute approximate surface area is 129 Å². The molecule has 2 rings (SSSR count). The Kier molecular flexibility index (Phi) is 6.11. The largest absolute Gasteiger partial charge is 0.313 e. The fraction of sp³-hybridized carbons (Fsp3) is 0.625. The van der Waals surface area contributed by atoms with Crippen molar-refractivity contribution in [2.24, 2.45) is 5.92 Å². The molecule has 3 heteroatoms. The van der Waals surface area contributed by atoms with Gasteiger partial charge in [-0.2, -0.15) is 0 Å². The Hall–Kier alpha value is -0.120. The van der Waals surface area contributed by atoms with Crippen LogP contribution in [0.2, 0.25) is 0 Å². The van der Waals surface area contributed by atoms with Gasteiger partial charge in [0, 0.05) is 20.8 Å². The molecular formula is C16H24BrNS. The van der Waals surface area contributed by atoms with Crippen LogP contribution in [0.4, 0.5) is 0 Å². The molecule has 0 bridgehead atoms. The molecule has 1 aromatic rings. The highest BCUT2D eigenvalue weighted by Gasteiger charge is 2.17. The first-order valence-corrected chi connectivity index (χ1v) is 8.98. The number of nitrogens with one attached hydrogen (secondary N) is 1. The molecule has 1 aromatic heterocycles. The van der Waals surface area contributed by atoms with E-state index in [2.05, 4.69) is 47.2 Å². The number of aryl methyl sites for hydroxylation is 1. The summed E-state index contributed by atoms with van der Waals surface area (Å²) in [6.07, 6.45) is 9.42. The summed E-state index contributed by atoms with van der Waals surface area (Å²) in [5, 5.41) is 3.51. The van der Waals surface area contributed by atoms with Crippen molar-refractivity contribution in [3.8, 4) is 0 Å². The van der Waals surface area contributed by atoms with Crippen molar-refractivity contribution in [3.63, 3.8) is 0 Å². The summed E-state index contributed by atoms with van der Waals surface area (Å²) in [5.41, 5.74) is 1.61. The van der Waals surface area contributed by atoms with Crippen molar-refractivity contribution in [3.05, 3.63) is 25.9 Å². The van der Waals surface area contributed by atoms with Crippen LogP contribution in [0.15, 0.2) is 16.1 Å². The Balaban J connectivity index is 2.15. The van der Waals surface area contributed by atoms with E-state index in [-0.39, 0.29) is 0 Å². The molecule has 1 heterocycles. The van der Waals surface area contributed by atoms with Gasteiger partial charge in [0.05, 0.1) is 0 Å². The van der Waals surface area contributed by atoms with Crippen LogP contribution in [0.3, 0.4) is 0 Å². The van der Waals surface area contributed by atoms with E-state index in [0.29, 0.717) is 0 Å². The summed E-state index contributed by atoms with van der Waals surface area (Å²) < 4.78 is 1.25. The van der Waals surface area contributed by atoms with Crippen LogP contribution in [-0.2, 0) is 0 Å². The Morgan fingerprint density at radius 3 is 2.74 bits per heavy atom. The van der Waals surface area contributed by atoms with Gasteiger partial charge >= 0.3 is 0 Å². The molecule has 1 aliphatic carbocycles. The number of hydrogen-bond acceptors (Lipinski definition) is 2. The van der Waals surface area contributed by atoms with Crippen molar-refractivity contribution in [1.29, 1.82) is 0 Å². The van der Waals surface area contributed by atoms with Crippen molar-refractivity contribution in [1.82, 2.24) is 5.32 Å². The zero-order chi connectivity index (χ0) is 13.7. The molecule has 19 heavy (non-hydrogen) atoms. The van der Waals surface area contributed by atoms with Crippen LogP contribution in [0.5, 0.6) is 0 Å². The van der Waals surface area contributed by atoms with Crippen LogP contribution in [0.25, 0.3) is 6.08 Å². The van der Waals surface area contributed by atoms with E-state index >= 15 is 0 Å². The average molecular weight is 342 g/mol. The normalized spacial score (nSPS) is 17.9. The predicted octanol–water partition coefficient (Wildman–Crippen LogP) is 5.39. The lowest BCUT2D eigenvalue weighted by Gasteiger charge is -2.24. The van der Waals surface area contributed by atoms with Gasteiger partial charge in [0.1, 0.15) is 0 Å². The van der Waals surface area contributed by atoms with Crippen molar-refractivity contribution >= 4 is 33.3 Å². The van der Waals surface area contributed by atoms with Gasteiger partial charge in [-0.3, -0.25) is 0 Å². The molecule has 1 aliphatic rings. The van der Waals surface area contributed by atoms with Crippen molar-refractivity contribution in [2.75, 3.05) is 13.1 Å². The SMILES string of the molecule is CCNCC(=Cc1cc(Br)c(C)s1)C1CCCCC1. The summed E-state index contributed by atoms with van der Waals surface area (Å²) in [6, 6.07) is 2.26. The number of rotatable bonds is 5. The van der Waals surface area contributed by atoms with Gasteiger partial charge in [-0.05, 0) is 60.3 Å². The first-order chi connectivity index (χ1) is 9.20. The van der Waals surface area contributed by atoms with Crippen LogP contribution in [0.1, 0.15) is 48.8 Å². The molecule has 0 radical (unpaired) electrons. The van der Waals surface area contributed by atoms with Crippen LogP contribution >= 0.6 is 27.3 Å². The molecule has 0 aliphatic heterocycles. The molecule has 1 saturated carbocycles. The predicted molar refractivity (Wildman–Crippen MR) is 89.9 cm³/mol.